The Morgan fingerprint density at radius 3 is 2.89 bits per heavy atom. The number of nitrogens with one attached hydrogen (secondary N) is 2. The molecule has 0 fully saturated rings. The van der Waals surface area contributed by atoms with Crippen molar-refractivity contribution in [1.82, 2.24) is 10.3 Å². The number of benzene rings is 1. The predicted molar refractivity (Wildman–Crippen MR) is 70.0 cm³/mol. The van der Waals surface area contributed by atoms with Crippen molar-refractivity contribution in [3.05, 3.63) is 35.5 Å². The van der Waals surface area contributed by atoms with Crippen LogP contribution in [0.5, 0.6) is 0 Å². The second-order valence-corrected chi connectivity index (χ2v) is 4.95. The normalized spacial score (nSPS) is 23.6. The van der Waals surface area contributed by atoms with Gasteiger partial charge >= 0.3 is 5.97 Å². The molecule has 3 rings (SSSR count). The molecule has 0 saturated carbocycles. The van der Waals surface area contributed by atoms with E-state index in [9.17, 15) is 9.90 Å². The maximum atomic E-state index is 11.4. The molecule has 0 saturated heterocycles. The summed E-state index contributed by atoms with van der Waals surface area (Å²) in [7, 11) is 0. The molecule has 18 heavy (non-hydrogen) atoms. The number of rotatable bonds is 1. The number of hydrogen-bond donors (Lipinski definition) is 3. The van der Waals surface area contributed by atoms with Gasteiger partial charge in [0.25, 0.3) is 0 Å². The Hall–Kier alpha value is -1.81. The summed E-state index contributed by atoms with van der Waals surface area (Å²) >= 11 is 0. The molecule has 3 N–H and O–H groups in total. The van der Waals surface area contributed by atoms with Gasteiger partial charge < -0.3 is 15.4 Å². The fourth-order valence-electron chi connectivity index (χ4n) is 2.85. The van der Waals surface area contributed by atoms with Gasteiger partial charge in [-0.2, -0.15) is 0 Å². The molecule has 1 aliphatic heterocycles. The SMILES string of the molecule is CC1CNCC(C(=O)O)c2[nH]c3ccccc3c21. The lowest BCUT2D eigenvalue weighted by Crippen LogP contribution is -2.26. The molecule has 94 valence electrons. The highest BCUT2D eigenvalue weighted by atomic mass is 16.4. The number of aromatic nitrogens is 1. The van der Waals surface area contributed by atoms with E-state index in [1.54, 1.807) is 0 Å². The van der Waals surface area contributed by atoms with Crippen LogP contribution in [0.1, 0.15) is 30.0 Å². The lowest BCUT2D eigenvalue weighted by Gasteiger charge is -2.10. The number of para-hydroxylation sites is 1. The van der Waals surface area contributed by atoms with Gasteiger partial charge in [-0.15, -0.1) is 0 Å². The number of aliphatic carboxylic acids is 1. The van der Waals surface area contributed by atoms with Gasteiger partial charge in [-0.1, -0.05) is 25.1 Å². The Bertz CT molecular complexity index is 603. The van der Waals surface area contributed by atoms with E-state index in [0.717, 1.165) is 28.7 Å². The van der Waals surface area contributed by atoms with E-state index >= 15 is 0 Å². The van der Waals surface area contributed by atoms with Gasteiger partial charge in [0.15, 0.2) is 0 Å². The minimum atomic E-state index is -0.774. The summed E-state index contributed by atoms with van der Waals surface area (Å²) in [5, 5.41) is 13.7. The van der Waals surface area contributed by atoms with Crippen LogP contribution in [0.3, 0.4) is 0 Å². The van der Waals surface area contributed by atoms with E-state index in [4.69, 9.17) is 0 Å². The Labute approximate surface area is 105 Å². The third-order valence-electron chi connectivity index (χ3n) is 3.72. The van der Waals surface area contributed by atoms with Crippen molar-refractivity contribution >= 4 is 16.9 Å². The van der Waals surface area contributed by atoms with Gasteiger partial charge in [-0.3, -0.25) is 4.79 Å². The molecule has 1 aliphatic rings. The van der Waals surface area contributed by atoms with Crippen molar-refractivity contribution in [2.75, 3.05) is 13.1 Å². The molecular weight excluding hydrogens is 228 g/mol. The zero-order chi connectivity index (χ0) is 12.7. The average molecular weight is 244 g/mol. The van der Waals surface area contributed by atoms with Gasteiger partial charge in [-0.25, -0.2) is 0 Å². The fraction of sp³-hybridized carbons (Fsp3) is 0.357. The number of H-pyrrole nitrogens is 1. The largest absolute Gasteiger partial charge is 0.481 e. The lowest BCUT2D eigenvalue weighted by atomic mass is 9.94. The van der Waals surface area contributed by atoms with E-state index in [2.05, 4.69) is 23.3 Å². The van der Waals surface area contributed by atoms with Gasteiger partial charge in [0.05, 0.1) is 0 Å². The number of carboxylic acid groups (broad SMARTS) is 1. The summed E-state index contributed by atoms with van der Waals surface area (Å²) in [6.07, 6.45) is 0. The molecule has 0 aliphatic carbocycles. The first-order valence-corrected chi connectivity index (χ1v) is 6.22. The molecule has 4 heteroatoms. The van der Waals surface area contributed by atoms with Crippen molar-refractivity contribution in [3.63, 3.8) is 0 Å². The van der Waals surface area contributed by atoms with Crippen molar-refractivity contribution < 1.29 is 9.90 Å². The van der Waals surface area contributed by atoms with E-state index < -0.39 is 11.9 Å². The maximum absolute atomic E-state index is 11.4. The summed E-state index contributed by atoms with van der Waals surface area (Å²) in [6.45, 7) is 3.44. The number of aromatic amines is 1. The van der Waals surface area contributed by atoms with E-state index in [1.165, 1.54) is 0 Å². The van der Waals surface area contributed by atoms with Crippen LogP contribution in [0.25, 0.3) is 10.9 Å². The van der Waals surface area contributed by atoms with Crippen LogP contribution < -0.4 is 5.32 Å². The van der Waals surface area contributed by atoms with Crippen molar-refractivity contribution in [1.29, 1.82) is 0 Å². The zero-order valence-corrected chi connectivity index (χ0v) is 10.2. The highest BCUT2D eigenvalue weighted by Crippen LogP contribution is 2.34. The van der Waals surface area contributed by atoms with Gasteiger partial charge in [0.1, 0.15) is 5.92 Å². The second-order valence-electron chi connectivity index (χ2n) is 4.95. The average Bonchev–Trinajstić information content (AvgIpc) is 2.64. The van der Waals surface area contributed by atoms with Crippen LogP contribution >= 0.6 is 0 Å². The number of carboxylic acids is 1. The predicted octanol–water partition coefficient (Wildman–Crippen LogP) is 2.04. The van der Waals surface area contributed by atoms with Crippen LogP contribution in [0.4, 0.5) is 0 Å². The molecule has 0 bridgehead atoms. The lowest BCUT2D eigenvalue weighted by molar-refractivity contribution is -0.138. The number of fused-ring (bicyclic) bond motifs is 3. The molecule has 0 radical (unpaired) electrons. The molecule has 2 atom stereocenters. The molecule has 0 spiro atoms. The maximum Gasteiger partial charge on any atom is 0.313 e. The van der Waals surface area contributed by atoms with E-state index in [0.29, 0.717) is 12.5 Å². The summed E-state index contributed by atoms with van der Waals surface area (Å²) in [5.41, 5.74) is 3.05. The third kappa shape index (κ3) is 1.61. The number of carbonyl (C=O) groups is 1. The molecular formula is C14H16N2O2. The van der Waals surface area contributed by atoms with Crippen molar-refractivity contribution in [3.8, 4) is 0 Å². The first-order chi connectivity index (χ1) is 8.68. The molecule has 1 aromatic carbocycles. The summed E-state index contributed by atoms with van der Waals surface area (Å²) in [5.74, 6) is -0.942. The topological polar surface area (TPSA) is 65.1 Å². The van der Waals surface area contributed by atoms with Crippen LogP contribution in [0.2, 0.25) is 0 Å². The quantitative estimate of drug-likeness (QED) is 0.719. The highest BCUT2D eigenvalue weighted by molar-refractivity contribution is 5.88. The summed E-state index contributed by atoms with van der Waals surface area (Å²) in [4.78, 5) is 14.7. The molecule has 0 amide bonds. The van der Waals surface area contributed by atoms with Crippen LogP contribution in [-0.4, -0.2) is 29.1 Å². The van der Waals surface area contributed by atoms with Crippen molar-refractivity contribution in [2.24, 2.45) is 0 Å². The molecule has 1 aromatic heterocycles. The van der Waals surface area contributed by atoms with Gasteiger partial charge in [0.2, 0.25) is 0 Å². The minimum absolute atomic E-state index is 0.320. The summed E-state index contributed by atoms with van der Waals surface area (Å²) in [6, 6.07) is 8.03. The Balaban J connectivity index is 2.27. The molecule has 2 heterocycles. The van der Waals surface area contributed by atoms with E-state index in [-0.39, 0.29) is 0 Å². The fourth-order valence-corrected chi connectivity index (χ4v) is 2.85. The zero-order valence-electron chi connectivity index (χ0n) is 10.2. The monoisotopic (exact) mass is 244 g/mol. The standard InChI is InChI=1S/C14H16N2O2/c1-8-6-15-7-10(14(17)18)13-12(8)9-4-2-3-5-11(9)16-13/h2-5,8,10,15-16H,6-7H2,1H3,(H,17,18). The van der Waals surface area contributed by atoms with Crippen LogP contribution in [0.15, 0.2) is 24.3 Å². The van der Waals surface area contributed by atoms with Gasteiger partial charge in [0, 0.05) is 29.7 Å². The second kappa shape index (κ2) is 4.14. The Morgan fingerprint density at radius 2 is 2.11 bits per heavy atom. The van der Waals surface area contributed by atoms with Gasteiger partial charge in [-0.05, 0) is 17.5 Å². The Morgan fingerprint density at radius 1 is 1.33 bits per heavy atom. The minimum Gasteiger partial charge on any atom is -0.481 e. The smallest absolute Gasteiger partial charge is 0.313 e. The van der Waals surface area contributed by atoms with E-state index in [1.807, 2.05) is 18.2 Å². The van der Waals surface area contributed by atoms with Crippen molar-refractivity contribution in [2.45, 2.75) is 18.8 Å². The summed E-state index contributed by atoms with van der Waals surface area (Å²) < 4.78 is 0. The molecule has 4 nitrogen and oxygen atoms in total. The Kier molecular flexibility index (Phi) is 2.59. The first kappa shape index (κ1) is 11.3. The molecule has 2 aromatic rings. The van der Waals surface area contributed by atoms with Crippen LogP contribution in [0, 0.1) is 0 Å². The first-order valence-electron chi connectivity index (χ1n) is 6.22. The highest BCUT2D eigenvalue weighted by Gasteiger charge is 2.30. The molecule has 2 unspecified atom stereocenters. The third-order valence-corrected chi connectivity index (χ3v) is 3.72. The number of hydrogen-bond acceptors (Lipinski definition) is 2. The van der Waals surface area contributed by atoms with Crippen LogP contribution in [-0.2, 0) is 4.79 Å².